The van der Waals surface area contributed by atoms with E-state index in [1.54, 1.807) is 0 Å². The lowest BCUT2D eigenvalue weighted by Gasteiger charge is -2.29. The largest absolute Gasteiger partial charge is 0.370 e. The zero-order valence-corrected chi connectivity index (χ0v) is 16.4. The van der Waals surface area contributed by atoms with Crippen molar-refractivity contribution in [3.05, 3.63) is 23.8 Å². The Morgan fingerprint density at radius 3 is 2.52 bits per heavy atom. The first kappa shape index (κ1) is 22.9. The third-order valence-corrected chi connectivity index (χ3v) is 5.02. The van der Waals surface area contributed by atoms with Crippen LogP contribution in [-0.4, -0.2) is 67.4 Å². The number of amides is 3. The zero-order valence-electron chi connectivity index (χ0n) is 16.4. The summed E-state index contributed by atoms with van der Waals surface area (Å²) in [6, 6.07) is 1.47. The van der Waals surface area contributed by atoms with Gasteiger partial charge in [0.1, 0.15) is 6.61 Å². The van der Waals surface area contributed by atoms with E-state index in [-0.39, 0.29) is 37.2 Å². The molecular formula is C19H22F4N4O4. The molecule has 1 aliphatic carbocycles. The van der Waals surface area contributed by atoms with Crippen LogP contribution in [0.1, 0.15) is 24.8 Å². The van der Waals surface area contributed by atoms with Crippen LogP contribution in [0, 0.1) is 0 Å². The van der Waals surface area contributed by atoms with Gasteiger partial charge in [0.05, 0.1) is 18.8 Å². The van der Waals surface area contributed by atoms with E-state index in [0.29, 0.717) is 12.8 Å². The third kappa shape index (κ3) is 5.50. The molecule has 31 heavy (non-hydrogen) atoms. The molecule has 1 aliphatic heterocycles. The van der Waals surface area contributed by atoms with E-state index in [0.717, 1.165) is 11.0 Å². The monoisotopic (exact) mass is 446 g/mol. The predicted molar refractivity (Wildman–Crippen MR) is 102 cm³/mol. The molecule has 3 rings (SSSR count). The topological polar surface area (TPSA) is 105 Å². The highest BCUT2D eigenvalue weighted by Crippen LogP contribution is 2.34. The average Bonchev–Trinajstić information content (AvgIpc) is 3.52. The van der Waals surface area contributed by atoms with Gasteiger partial charge in [0, 0.05) is 23.8 Å². The molecule has 1 saturated heterocycles. The van der Waals surface area contributed by atoms with Crippen molar-refractivity contribution in [2.75, 3.05) is 36.5 Å². The first-order valence-electron chi connectivity index (χ1n) is 9.63. The van der Waals surface area contributed by atoms with Gasteiger partial charge in [-0.1, -0.05) is 0 Å². The van der Waals surface area contributed by atoms with Crippen LogP contribution in [0.5, 0.6) is 0 Å². The summed E-state index contributed by atoms with van der Waals surface area (Å²) in [7, 11) is 0. The summed E-state index contributed by atoms with van der Waals surface area (Å²) in [5.74, 6) is -2.59. The highest BCUT2D eigenvalue weighted by Gasteiger charge is 2.41. The number of nitrogens with two attached hydrogens (primary N) is 1. The molecule has 2 fully saturated rings. The minimum absolute atomic E-state index is 0.0231. The molecule has 12 heteroatoms. The number of benzene rings is 1. The minimum Gasteiger partial charge on any atom is -0.370 e. The van der Waals surface area contributed by atoms with Crippen molar-refractivity contribution >= 4 is 29.1 Å². The molecule has 1 saturated carbocycles. The molecule has 2 aliphatic rings. The molecule has 0 bridgehead atoms. The van der Waals surface area contributed by atoms with Crippen LogP contribution < -0.4 is 16.0 Å². The van der Waals surface area contributed by atoms with E-state index in [1.165, 1.54) is 17.0 Å². The molecule has 0 radical (unpaired) electrons. The summed E-state index contributed by atoms with van der Waals surface area (Å²) < 4.78 is 58.2. The standard InChI is InChI=1S/C19H22F4N4O4/c20-14(21)8-27(11-2-3-11)16(18(24)29)19(30)25-10-1-4-13(12(7-10)17(22)23)26-5-6-31-9-15(26)28/h1,4,7,11,14,16-17H,2-3,5-6,8-9H2,(H2,24,29)(H,25,30)/t16-/m1/s1. The van der Waals surface area contributed by atoms with Crippen LogP contribution in [0.3, 0.4) is 0 Å². The second-order valence-corrected chi connectivity index (χ2v) is 7.29. The number of hydrogen-bond donors (Lipinski definition) is 2. The Morgan fingerprint density at radius 1 is 1.26 bits per heavy atom. The average molecular weight is 446 g/mol. The van der Waals surface area contributed by atoms with Crippen molar-refractivity contribution in [1.29, 1.82) is 0 Å². The maximum Gasteiger partial charge on any atom is 0.265 e. The van der Waals surface area contributed by atoms with Crippen LogP contribution in [-0.2, 0) is 19.1 Å². The van der Waals surface area contributed by atoms with E-state index in [4.69, 9.17) is 10.5 Å². The lowest BCUT2D eigenvalue weighted by molar-refractivity contribution is -0.133. The summed E-state index contributed by atoms with van der Waals surface area (Å²) in [6.45, 7) is -0.763. The third-order valence-electron chi connectivity index (χ3n) is 5.02. The first-order chi connectivity index (χ1) is 14.7. The van der Waals surface area contributed by atoms with Crippen LogP contribution in [0.4, 0.5) is 28.9 Å². The normalized spacial score (nSPS) is 18.0. The maximum absolute atomic E-state index is 13.7. The van der Waals surface area contributed by atoms with Crippen molar-refractivity contribution in [2.24, 2.45) is 5.73 Å². The second kappa shape index (κ2) is 9.60. The van der Waals surface area contributed by atoms with Crippen LogP contribution >= 0.6 is 0 Å². The SMILES string of the molecule is NC(=O)[C@H](C(=O)Nc1ccc(N2CCOCC2=O)c(C(F)F)c1)N(CC(F)F)C1CC1. The molecule has 170 valence electrons. The molecule has 1 aromatic rings. The second-order valence-electron chi connectivity index (χ2n) is 7.29. The number of halogens is 4. The zero-order chi connectivity index (χ0) is 22.7. The molecule has 3 amide bonds. The number of rotatable bonds is 9. The Hall–Kier alpha value is -2.73. The van der Waals surface area contributed by atoms with Gasteiger partial charge in [-0.15, -0.1) is 0 Å². The fraction of sp³-hybridized carbons (Fsp3) is 0.526. The number of primary amides is 1. The number of anilines is 2. The number of hydrogen-bond acceptors (Lipinski definition) is 5. The predicted octanol–water partition coefficient (Wildman–Crippen LogP) is 1.51. The molecule has 0 unspecified atom stereocenters. The Morgan fingerprint density at radius 2 is 1.97 bits per heavy atom. The van der Waals surface area contributed by atoms with E-state index < -0.39 is 48.7 Å². The number of nitrogens with zero attached hydrogens (tertiary/aromatic N) is 2. The van der Waals surface area contributed by atoms with Crippen LogP contribution in [0.2, 0.25) is 0 Å². The Bertz CT molecular complexity index is 850. The highest BCUT2D eigenvalue weighted by molar-refractivity contribution is 6.09. The van der Waals surface area contributed by atoms with Gasteiger partial charge in [0.2, 0.25) is 5.91 Å². The lowest BCUT2D eigenvalue weighted by atomic mass is 10.1. The van der Waals surface area contributed by atoms with Gasteiger partial charge in [-0.3, -0.25) is 19.3 Å². The fourth-order valence-electron chi connectivity index (χ4n) is 3.51. The van der Waals surface area contributed by atoms with Crippen molar-refractivity contribution in [3.8, 4) is 0 Å². The van der Waals surface area contributed by atoms with Crippen molar-refractivity contribution in [1.82, 2.24) is 4.90 Å². The van der Waals surface area contributed by atoms with Gasteiger partial charge >= 0.3 is 0 Å². The van der Waals surface area contributed by atoms with Gasteiger partial charge in [-0.2, -0.15) is 0 Å². The molecule has 0 aromatic heterocycles. The number of ether oxygens (including phenoxy) is 1. The summed E-state index contributed by atoms with van der Waals surface area (Å²) in [5, 5.41) is 2.31. The Balaban J connectivity index is 1.83. The van der Waals surface area contributed by atoms with Gasteiger partial charge in [0.25, 0.3) is 24.7 Å². The molecule has 3 N–H and O–H groups in total. The number of carbonyl (C=O) groups is 3. The van der Waals surface area contributed by atoms with Crippen LogP contribution in [0.15, 0.2) is 18.2 Å². The lowest BCUT2D eigenvalue weighted by Crippen LogP contribution is -2.54. The summed E-state index contributed by atoms with van der Waals surface area (Å²) in [5.41, 5.74) is 4.68. The molecule has 8 nitrogen and oxygen atoms in total. The minimum atomic E-state index is -2.96. The van der Waals surface area contributed by atoms with E-state index >= 15 is 0 Å². The van der Waals surface area contributed by atoms with Crippen molar-refractivity contribution < 1.29 is 36.7 Å². The Kier molecular flexibility index (Phi) is 7.11. The van der Waals surface area contributed by atoms with E-state index in [1.807, 2.05) is 0 Å². The summed E-state index contributed by atoms with van der Waals surface area (Å²) in [4.78, 5) is 38.7. The van der Waals surface area contributed by atoms with Gasteiger partial charge in [-0.25, -0.2) is 17.6 Å². The van der Waals surface area contributed by atoms with E-state index in [9.17, 15) is 31.9 Å². The number of carbonyl (C=O) groups excluding carboxylic acids is 3. The summed E-state index contributed by atoms with van der Waals surface area (Å²) in [6.07, 6.45) is -4.66. The number of nitrogens with one attached hydrogen (secondary N) is 1. The summed E-state index contributed by atoms with van der Waals surface area (Å²) >= 11 is 0. The van der Waals surface area contributed by atoms with Crippen molar-refractivity contribution in [2.45, 2.75) is 37.8 Å². The van der Waals surface area contributed by atoms with Gasteiger partial charge in [0.15, 0.2) is 6.04 Å². The van der Waals surface area contributed by atoms with Gasteiger partial charge in [-0.05, 0) is 31.0 Å². The first-order valence-corrected chi connectivity index (χ1v) is 9.63. The highest BCUT2D eigenvalue weighted by atomic mass is 19.3. The smallest absolute Gasteiger partial charge is 0.265 e. The number of alkyl halides is 4. The molecule has 1 aromatic carbocycles. The molecule has 0 spiro atoms. The van der Waals surface area contributed by atoms with Gasteiger partial charge < -0.3 is 20.7 Å². The van der Waals surface area contributed by atoms with E-state index in [2.05, 4.69) is 5.32 Å². The molecule has 1 heterocycles. The van der Waals surface area contributed by atoms with Crippen LogP contribution in [0.25, 0.3) is 0 Å². The number of morpholine rings is 1. The van der Waals surface area contributed by atoms with Crippen molar-refractivity contribution in [3.63, 3.8) is 0 Å². The molecular weight excluding hydrogens is 424 g/mol. The quantitative estimate of drug-likeness (QED) is 0.442. The fourth-order valence-corrected chi connectivity index (χ4v) is 3.51. The Labute approximate surface area is 175 Å². The molecule has 1 atom stereocenters. The maximum atomic E-state index is 13.7.